The van der Waals surface area contributed by atoms with E-state index in [2.05, 4.69) is 5.32 Å². The SMILES string of the molecule is CC(=O)Nc1ccc(S(=O)(=O)NCC(O)(c2ccccc2)C(F)(F)F)cc1. The Kier molecular flexibility index (Phi) is 5.93. The zero-order valence-corrected chi connectivity index (χ0v) is 14.9. The molecule has 0 bridgehead atoms. The van der Waals surface area contributed by atoms with Gasteiger partial charge in [-0.3, -0.25) is 4.79 Å². The first-order valence-corrected chi connectivity index (χ1v) is 9.16. The van der Waals surface area contributed by atoms with E-state index in [0.29, 0.717) is 5.69 Å². The van der Waals surface area contributed by atoms with Crippen LogP contribution in [0.2, 0.25) is 0 Å². The van der Waals surface area contributed by atoms with Crippen LogP contribution in [0.4, 0.5) is 18.9 Å². The molecule has 2 aromatic carbocycles. The summed E-state index contributed by atoms with van der Waals surface area (Å²) in [5.41, 5.74) is -3.55. The van der Waals surface area contributed by atoms with Crippen molar-refractivity contribution in [2.45, 2.75) is 23.6 Å². The van der Waals surface area contributed by atoms with Gasteiger partial charge in [0.1, 0.15) is 0 Å². The van der Waals surface area contributed by atoms with Crippen LogP contribution in [0.25, 0.3) is 0 Å². The van der Waals surface area contributed by atoms with Crippen LogP contribution in [0.1, 0.15) is 12.5 Å². The fraction of sp³-hybridized carbons (Fsp3) is 0.235. The van der Waals surface area contributed by atoms with Crippen molar-refractivity contribution >= 4 is 21.6 Å². The number of aliphatic hydroxyl groups is 1. The van der Waals surface area contributed by atoms with E-state index in [-0.39, 0.29) is 10.8 Å². The topological polar surface area (TPSA) is 95.5 Å². The lowest BCUT2D eigenvalue weighted by Crippen LogP contribution is -2.51. The Bertz CT molecular complexity index is 900. The summed E-state index contributed by atoms with van der Waals surface area (Å²) in [6, 6.07) is 11.1. The molecule has 1 unspecified atom stereocenters. The molecule has 0 radical (unpaired) electrons. The van der Waals surface area contributed by atoms with Gasteiger partial charge in [-0.2, -0.15) is 13.2 Å². The molecule has 0 aromatic heterocycles. The summed E-state index contributed by atoms with van der Waals surface area (Å²) >= 11 is 0. The Morgan fingerprint density at radius 3 is 2.07 bits per heavy atom. The second-order valence-electron chi connectivity index (χ2n) is 5.75. The normalized spacial score (nSPS) is 14.4. The van der Waals surface area contributed by atoms with Gasteiger partial charge in [0.05, 0.1) is 11.4 Å². The third-order valence-corrected chi connectivity index (χ3v) is 5.14. The molecule has 3 N–H and O–H groups in total. The van der Waals surface area contributed by atoms with Gasteiger partial charge in [0, 0.05) is 12.6 Å². The Hall–Kier alpha value is -2.43. The highest BCUT2D eigenvalue weighted by atomic mass is 32.2. The number of nitrogens with one attached hydrogen (secondary N) is 2. The maximum atomic E-state index is 13.4. The third-order valence-electron chi connectivity index (χ3n) is 3.72. The number of amides is 1. The number of carbonyl (C=O) groups excluding carboxylic acids is 1. The van der Waals surface area contributed by atoms with Crippen LogP contribution >= 0.6 is 0 Å². The number of halogens is 3. The molecule has 0 saturated carbocycles. The van der Waals surface area contributed by atoms with Gasteiger partial charge in [0.25, 0.3) is 0 Å². The molecule has 27 heavy (non-hydrogen) atoms. The molecule has 1 atom stereocenters. The average Bonchev–Trinajstić information content (AvgIpc) is 2.59. The summed E-state index contributed by atoms with van der Waals surface area (Å²) in [7, 11) is -4.33. The van der Waals surface area contributed by atoms with Crippen molar-refractivity contribution in [3.05, 3.63) is 60.2 Å². The summed E-state index contributed by atoms with van der Waals surface area (Å²) in [5, 5.41) is 12.6. The van der Waals surface area contributed by atoms with Crippen molar-refractivity contribution in [2.24, 2.45) is 0 Å². The molecule has 146 valence electrons. The molecular weight excluding hydrogens is 385 g/mol. The van der Waals surface area contributed by atoms with Gasteiger partial charge < -0.3 is 10.4 Å². The second-order valence-corrected chi connectivity index (χ2v) is 7.52. The highest BCUT2D eigenvalue weighted by molar-refractivity contribution is 7.89. The smallest absolute Gasteiger partial charge is 0.375 e. The quantitative estimate of drug-likeness (QED) is 0.691. The van der Waals surface area contributed by atoms with Crippen molar-refractivity contribution in [3.63, 3.8) is 0 Å². The number of hydrogen-bond donors (Lipinski definition) is 3. The Morgan fingerprint density at radius 2 is 1.59 bits per heavy atom. The Labute approximate surface area is 154 Å². The first kappa shape index (κ1) is 20.9. The number of benzene rings is 2. The molecule has 0 saturated heterocycles. The van der Waals surface area contributed by atoms with Gasteiger partial charge in [0.15, 0.2) is 5.60 Å². The van der Waals surface area contributed by atoms with E-state index in [1.807, 2.05) is 0 Å². The molecule has 2 aromatic rings. The van der Waals surface area contributed by atoms with E-state index in [1.54, 1.807) is 4.72 Å². The van der Waals surface area contributed by atoms with Crippen LogP contribution in [0, 0.1) is 0 Å². The van der Waals surface area contributed by atoms with Crippen molar-refractivity contribution in [1.82, 2.24) is 4.72 Å². The minimum atomic E-state index is -5.11. The summed E-state index contributed by atoms with van der Waals surface area (Å²) in [6.07, 6.45) is -5.11. The third kappa shape index (κ3) is 4.85. The van der Waals surface area contributed by atoms with Crippen LogP contribution in [0.3, 0.4) is 0 Å². The van der Waals surface area contributed by atoms with E-state index in [9.17, 15) is 31.5 Å². The number of alkyl halides is 3. The number of sulfonamides is 1. The van der Waals surface area contributed by atoms with Gasteiger partial charge in [0.2, 0.25) is 15.9 Å². The van der Waals surface area contributed by atoms with E-state index in [1.165, 1.54) is 37.3 Å². The van der Waals surface area contributed by atoms with Crippen LogP contribution in [0.5, 0.6) is 0 Å². The van der Waals surface area contributed by atoms with E-state index < -0.39 is 33.9 Å². The minimum absolute atomic E-state index is 0.311. The number of anilines is 1. The zero-order chi connectivity index (χ0) is 20.3. The molecule has 10 heteroatoms. The van der Waals surface area contributed by atoms with Crippen molar-refractivity contribution in [3.8, 4) is 0 Å². The van der Waals surface area contributed by atoms with E-state index in [4.69, 9.17) is 0 Å². The Balaban J connectivity index is 2.24. The highest BCUT2D eigenvalue weighted by Gasteiger charge is 2.55. The monoisotopic (exact) mass is 402 g/mol. The van der Waals surface area contributed by atoms with Crippen LogP contribution in [0.15, 0.2) is 59.5 Å². The molecule has 0 aliphatic heterocycles. The second kappa shape index (κ2) is 7.67. The summed E-state index contributed by atoms with van der Waals surface area (Å²) in [4.78, 5) is 10.6. The maximum Gasteiger partial charge on any atom is 0.422 e. The molecule has 0 heterocycles. The summed E-state index contributed by atoms with van der Waals surface area (Å²) < 4.78 is 66.6. The molecule has 0 spiro atoms. The fourth-order valence-corrected chi connectivity index (χ4v) is 3.34. The lowest BCUT2D eigenvalue weighted by Gasteiger charge is -2.31. The number of hydrogen-bond acceptors (Lipinski definition) is 4. The molecular formula is C17H17F3N2O4S. The minimum Gasteiger partial charge on any atom is -0.375 e. The molecule has 1 amide bonds. The predicted octanol–water partition coefficient (Wildman–Crippen LogP) is 2.37. The van der Waals surface area contributed by atoms with Crippen molar-refractivity contribution in [1.29, 1.82) is 0 Å². The first-order valence-electron chi connectivity index (χ1n) is 7.68. The van der Waals surface area contributed by atoms with Crippen LogP contribution in [-0.4, -0.2) is 32.2 Å². The highest BCUT2D eigenvalue weighted by Crippen LogP contribution is 2.38. The lowest BCUT2D eigenvalue weighted by atomic mass is 9.93. The maximum absolute atomic E-state index is 13.4. The summed E-state index contributed by atoms with van der Waals surface area (Å²) in [5.74, 6) is -0.359. The van der Waals surface area contributed by atoms with Crippen molar-refractivity contribution < 1.29 is 31.5 Å². The van der Waals surface area contributed by atoms with E-state index >= 15 is 0 Å². The Morgan fingerprint density at radius 1 is 1.04 bits per heavy atom. The van der Waals surface area contributed by atoms with Gasteiger partial charge in [-0.05, 0) is 29.8 Å². The van der Waals surface area contributed by atoms with Gasteiger partial charge >= 0.3 is 6.18 Å². The van der Waals surface area contributed by atoms with Gasteiger partial charge in [-0.15, -0.1) is 0 Å². The molecule has 2 rings (SSSR count). The van der Waals surface area contributed by atoms with E-state index in [0.717, 1.165) is 24.3 Å². The fourth-order valence-electron chi connectivity index (χ4n) is 2.28. The summed E-state index contributed by atoms with van der Waals surface area (Å²) in [6.45, 7) is -0.0238. The van der Waals surface area contributed by atoms with Gasteiger partial charge in [-0.1, -0.05) is 30.3 Å². The molecule has 0 aliphatic rings. The lowest BCUT2D eigenvalue weighted by molar-refractivity contribution is -0.263. The average molecular weight is 402 g/mol. The van der Waals surface area contributed by atoms with Crippen LogP contribution < -0.4 is 10.0 Å². The standard InChI is InChI=1S/C17H17F3N2O4S/c1-12(23)22-14-7-9-15(10-8-14)27(25,26)21-11-16(24,17(18,19)20)13-5-3-2-4-6-13/h2-10,21,24H,11H2,1H3,(H,22,23). The predicted molar refractivity (Wildman–Crippen MR) is 92.3 cm³/mol. The van der Waals surface area contributed by atoms with Crippen LogP contribution in [-0.2, 0) is 20.4 Å². The largest absolute Gasteiger partial charge is 0.422 e. The molecule has 0 aliphatic carbocycles. The number of carbonyl (C=O) groups is 1. The number of rotatable bonds is 6. The van der Waals surface area contributed by atoms with Gasteiger partial charge in [-0.25, -0.2) is 13.1 Å². The molecule has 0 fully saturated rings. The first-order chi connectivity index (χ1) is 12.5. The molecule has 6 nitrogen and oxygen atoms in total. The van der Waals surface area contributed by atoms with Crippen molar-refractivity contribution in [2.75, 3.05) is 11.9 Å². The zero-order valence-electron chi connectivity index (χ0n) is 14.1.